The van der Waals surface area contributed by atoms with Crippen LogP contribution in [0.1, 0.15) is 78.1 Å². The molecule has 3 atom stereocenters. The summed E-state index contributed by atoms with van der Waals surface area (Å²) in [5, 5.41) is 35.2. The van der Waals surface area contributed by atoms with Gasteiger partial charge in [0.25, 0.3) is 0 Å². The van der Waals surface area contributed by atoms with Crippen LogP contribution in [0.15, 0.2) is 0 Å². The van der Waals surface area contributed by atoms with Crippen LogP contribution >= 0.6 is 12.2 Å². The molecule has 8 nitrogen and oxygen atoms in total. The van der Waals surface area contributed by atoms with Crippen molar-refractivity contribution in [2.24, 2.45) is 0 Å². The summed E-state index contributed by atoms with van der Waals surface area (Å²) in [6, 6.07) is -0.674. The summed E-state index contributed by atoms with van der Waals surface area (Å²) in [5.41, 5.74) is 0. The Bertz CT molecular complexity index is 479. The van der Waals surface area contributed by atoms with Crippen molar-refractivity contribution in [3.63, 3.8) is 0 Å². The number of aliphatic hydroxyl groups excluding tert-OH is 2. The number of carbonyl (C=O) groups is 1. The summed E-state index contributed by atoms with van der Waals surface area (Å²) < 4.78 is 4.93. The molecular formula is C20H39N3O5S. The SMILES string of the molecule is CCCCCCCCCCCCNC(=S)NC(C(O)O)N1C(=O)OCC1C(C)O. The Kier molecular flexibility index (Phi) is 13.2. The number of hydrogen-bond acceptors (Lipinski definition) is 6. The normalized spacial score (nSPS) is 18.6. The van der Waals surface area contributed by atoms with E-state index in [1.165, 1.54) is 58.3 Å². The average Bonchev–Trinajstić information content (AvgIpc) is 3.05. The minimum atomic E-state index is -1.88. The molecule has 0 aromatic heterocycles. The van der Waals surface area contributed by atoms with Gasteiger partial charge in [0.05, 0.1) is 12.1 Å². The third-order valence-electron chi connectivity index (χ3n) is 5.18. The molecule has 170 valence electrons. The Balaban J connectivity index is 2.22. The number of thiocarbonyl (C=S) groups is 1. The van der Waals surface area contributed by atoms with Crippen LogP contribution in [0.25, 0.3) is 0 Å². The van der Waals surface area contributed by atoms with E-state index >= 15 is 0 Å². The molecule has 0 spiro atoms. The van der Waals surface area contributed by atoms with Crippen LogP contribution in [0, 0.1) is 0 Å². The minimum absolute atomic E-state index is 0.0137. The lowest BCUT2D eigenvalue weighted by atomic mass is 10.1. The quantitative estimate of drug-likeness (QED) is 0.152. The number of ether oxygens (including phenoxy) is 1. The van der Waals surface area contributed by atoms with Gasteiger partial charge in [-0.3, -0.25) is 4.90 Å². The van der Waals surface area contributed by atoms with Crippen LogP contribution in [0.5, 0.6) is 0 Å². The van der Waals surface area contributed by atoms with E-state index in [0.717, 1.165) is 17.7 Å². The lowest BCUT2D eigenvalue weighted by Crippen LogP contribution is -2.61. The third kappa shape index (κ3) is 9.93. The molecule has 1 aliphatic rings. The molecule has 0 saturated carbocycles. The van der Waals surface area contributed by atoms with Crippen molar-refractivity contribution in [2.45, 2.75) is 103 Å². The summed E-state index contributed by atoms with van der Waals surface area (Å²) in [4.78, 5) is 13.0. The second kappa shape index (κ2) is 14.8. The van der Waals surface area contributed by atoms with Gasteiger partial charge in [-0.1, -0.05) is 64.7 Å². The molecular weight excluding hydrogens is 394 g/mol. The molecule has 1 saturated heterocycles. The van der Waals surface area contributed by atoms with Crippen molar-refractivity contribution in [1.82, 2.24) is 15.5 Å². The Morgan fingerprint density at radius 1 is 1.10 bits per heavy atom. The van der Waals surface area contributed by atoms with Crippen molar-refractivity contribution in [3.05, 3.63) is 0 Å². The first-order chi connectivity index (χ1) is 13.9. The maximum atomic E-state index is 11.9. The Hall–Kier alpha value is -1.16. The molecule has 1 amide bonds. The average molecular weight is 434 g/mol. The predicted octanol–water partition coefficient (Wildman–Crippen LogP) is 2.21. The third-order valence-corrected chi connectivity index (χ3v) is 5.44. The summed E-state index contributed by atoms with van der Waals surface area (Å²) in [6.45, 7) is 4.40. The summed E-state index contributed by atoms with van der Waals surface area (Å²) >= 11 is 5.21. The smallest absolute Gasteiger partial charge is 0.412 e. The highest BCUT2D eigenvalue weighted by Gasteiger charge is 2.43. The van der Waals surface area contributed by atoms with Crippen molar-refractivity contribution >= 4 is 23.4 Å². The zero-order valence-electron chi connectivity index (χ0n) is 17.8. The van der Waals surface area contributed by atoms with Crippen LogP contribution in [0.2, 0.25) is 0 Å². The largest absolute Gasteiger partial charge is 0.447 e. The molecule has 0 aromatic rings. The number of aliphatic hydroxyl groups is 3. The number of cyclic esters (lactones) is 1. The van der Waals surface area contributed by atoms with Crippen molar-refractivity contribution in [1.29, 1.82) is 0 Å². The first-order valence-corrected chi connectivity index (χ1v) is 11.3. The molecule has 1 rings (SSSR count). The number of hydrogen-bond donors (Lipinski definition) is 5. The standard InChI is InChI=1S/C20H39N3O5S/c1-3-4-5-6-7-8-9-10-11-12-13-21-19(29)22-17(18(25)26)23-16(15(2)24)14-28-20(23)27/h15-18,24-26H,3-14H2,1-2H3,(H2,21,22,29). The van der Waals surface area contributed by atoms with E-state index < -0.39 is 30.7 Å². The van der Waals surface area contributed by atoms with Gasteiger partial charge in [0.2, 0.25) is 0 Å². The Labute approximate surface area is 180 Å². The molecule has 5 N–H and O–H groups in total. The summed E-state index contributed by atoms with van der Waals surface area (Å²) in [5.74, 6) is 0. The van der Waals surface area contributed by atoms with E-state index in [9.17, 15) is 20.1 Å². The van der Waals surface area contributed by atoms with Gasteiger partial charge < -0.3 is 30.7 Å². The van der Waals surface area contributed by atoms with Gasteiger partial charge in [0, 0.05) is 6.54 Å². The van der Waals surface area contributed by atoms with E-state index in [1.54, 1.807) is 0 Å². The fourth-order valence-corrected chi connectivity index (χ4v) is 3.65. The zero-order chi connectivity index (χ0) is 21.6. The van der Waals surface area contributed by atoms with E-state index in [-0.39, 0.29) is 11.7 Å². The fourth-order valence-electron chi connectivity index (χ4n) is 3.43. The van der Waals surface area contributed by atoms with Gasteiger partial charge in [-0.15, -0.1) is 0 Å². The molecule has 1 heterocycles. The van der Waals surface area contributed by atoms with Crippen LogP contribution in [0.3, 0.4) is 0 Å². The van der Waals surface area contributed by atoms with Gasteiger partial charge in [-0.25, -0.2) is 4.79 Å². The number of carbonyl (C=O) groups excluding carboxylic acids is 1. The van der Waals surface area contributed by atoms with Gasteiger partial charge >= 0.3 is 6.09 Å². The van der Waals surface area contributed by atoms with Crippen molar-refractivity contribution in [3.8, 4) is 0 Å². The molecule has 0 aliphatic carbocycles. The van der Waals surface area contributed by atoms with Crippen LogP contribution in [0.4, 0.5) is 4.79 Å². The van der Waals surface area contributed by atoms with Crippen molar-refractivity contribution < 1.29 is 24.9 Å². The monoisotopic (exact) mass is 433 g/mol. The number of rotatable bonds is 15. The maximum absolute atomic E-state index is 11.9. The molecule has 9 heteroatoms. The van der Waals surface area contributed by atoms with Crippen LogP contribution in [-0.4, -0.2) is 69.2 Å². The van der Waals surface area contributed by atoms with Gasteiger partial charge in [0.15, 0.2) is 17.6 Å². The van der Waals surface area contributed by atoms with E-state index in [1.807, 2.05) is 0 Å². The van der Waals surface area contributed by atoms with Gasteiger partial charge in [-0.05, 0) is 25.6 Å². The Morgan fingerprint density at radius 2 is 1.66 bits per heavy atom. The first-order valence-electron chi connectivity index (χ1n) is 10.9. The molecule has 3 unspecified atom stereocenters. The Morgan fingerprint density at radius 3 is 2.17 bits per heavy atom. The molecule has 1 fully saturated rings. The number of nitrogens with zero attached hydrogens (tertiary/aromatic N) is 1. The zero-order valence-corrected chi connectivity index (χ0v) is 18.6. The molecule has 0 radical (unpaired) electrons. The topological polar surface area (TPSA) is 114 Å². The summed E-state index contributed by atoms with van der Waals surface area (Å²) in [6.07, 6.45) is 7.78. The number of amides is 1. The number of unbranched alkanes of at least 4 members (excludes halogenated alkanes) is 9. The maximum Gasteiger partial charge on any atom is 0.412 e. The van der Waals surface area contributed by atoms with E-state index in [2.05, 4.69) is 17.6 Å². The van der Waals surface area contributed by atoms with Gasteiger partial charge in [0.1, 0.15) is 6.61 Å². The lowest BCUT2D eigenvalue weighted by molar-refractivity contribution is -0.104. The van der Waals surface area contributed by atoms with Crippen LogP contribution < -0.4 is 10.6 Å². The molecule has 0 aromatic carbocycles. The molecule has 1 aliphatic heterocycles. The fraction of sp³-hybridized carbons (Fsp3) is 0.900. The number of nitrogens with one attached hydrogen (secondary N) is 2. The molecule has 0 bridgehead atoms. The van der Waals surface area contributed by atoms with Crippen LogP contribution in [-0.2, 0) is 4.74 Å². The van der Waals surface area contributed by atoms with Crippen molar-refractivity contribution in [2.75, 3.05) is 13.2 Å². The van der Waals surface area contributed by atoms with Gasteiger partial charge in [-0.2, -0.15) is 0 Å². The highest BCUT2D eigenvalue weighted by molar-refractivity contribution is 7.80. The minimum Gasteiger partial charge on any atom is -0.447 e. The second-order valence-corrected chi connectivity index (χ2v) is 8.14. The predicted molar refractivity (Wildman–Crippen MR) is 116 cm³/mol. The first kappa shape index (κ1) is 25.9. The second-order valence-electron chi connectivity index (χ2n) is 7.73. The highest BCUT2D eigenvalue weighted by atomic mass is 32.1. The lowest BCUT2D eigenvalue weighted by Gasteiger charge is -2.33. The molecule has 29 heavy (non-hydrogen) atoms. The van der Waals surface area contributed by atoms with E-state index in [4.69, 9.17) is 17.0 Å². The summed E-state index contributed by atoms with van der Waals surface area (Å²) in [7, 11) is 0. The highest BCUT2D eigenvalue weighted by Crippen LogP contribution is 2.19. The van der Waals surface area contributed by atoms with E-state index in [0.29, 0.717) is 6.54 Å².